The van der Waals surface area contributed by atoms with Crippen molar-refractivity contribution in [2.75, 3.05) is 38.2 Å². The molecule has 1 unspecified atom stereocenters. The molecule has 1 aliphatic heterocycles. The monoisotopic (exact) mass is 326 g/mol. The molecule has 1 fully saturated rings. The third-order valence-corrected chi connectivity index (χ3v) is 4.30. The van der Waals surface area contributed by atoms with Crippen LogP contribution < -0.4 is 15.0 Å². The van der Waals surface area contributed by atoms with Crippen molar-refractivity contribution in [2.24, 2.45) is 5.92 Å². The lowest BCUT2D eigenvalue weighted by Gasteiger charge is -2.20. The molecule has 0 saturated carbocycles. The van der Waals surface area contributed by atoms with Crippen molar-refractivity contribution >= 4 is 21.6 Å². The third kappa shape index (κ3) is 3.86. The maximum Gasteiger partial charge on any atom is 0.135 e. The van der Waals surface area contributed by atoms with E-state index in [-0.39, 0.29) is 0 Å². The number of hydrogen-bond donors (Lipinski definition) is 1. The number of ether oxygens (including phenoxy) is 1. The van der Waals surface area contributed by atoms with E-state index in [9.17, 15) is 0 Å². The van der Waals surface area contributed by atoms with Crippen molar-refractivity contribution in [2.45, 2.75) is 19.8 Å². The minimum atomic E-state index is 0.765. The second kappa shape index (κ2) is 7.15. The van der Waals surface area contributed by atoms with Gasteiger partial charge in [0.25, 0.3) is 0 Å². The largest absolute Gasteiger partial charge is 0.495 e. The van der Waals surface area contributed by atoms with E-state index in [0.29, 0.717) is 0 Å². The van der Waals surface area contributed by atoms with Crippen LogP contribution >= 0.6 is 15.9 Å². The average molecular weight is 327 g/mol. The predicted molar refractivity (Wildman–Crippen MR) is 84.2 cm³/mol. The molecule has 19 heavy (non-hydrogen) atoms. The quantitative estimate of drug-likeness (QED) is 0.812. The van der Waals surface area contributed by atoms with Crippen LogP contribution in [0.2, 0.25) is 0 Å². The zero-order valence-corrected chi connectivity index (χ0v) is 13.4. The van der Waals surface area contributed by atoms with Gasteiger partial charge in [-0.2, -0.15) is 0 Å². The highest BCUT2D eigenvalue weighted by molar-refractivity contribution is 9.10. The van der Waals surface area contributed by atoms with E-state index in [2.05, 4.69) is 51.3 Å². The van der Waals surface area contributed by atoms with E-state index < -0.39 is 0 Å². The fourth-order valence-corrected chi connectivity index (χ4v) is 2.97. The van der Waals surface area contributed by atoms with Gasteiger partial charge < -0.3 is 15.0 Å². The Labute approximate surface area is 124 Å². The van der Waals surface area contributed by atoms with Crippen molar-refractivity contribution in [3.8, 4) is 5.75 Å². The van der Waals surface area contributed by atoms with Gasteiger partial charge in [0.2, 0.25) is 0 Å². The highest BCUT2D eigenvalue weighted by Gasteiger charge is 2.22. The summed E-state index contributed by atoms with van der Waals surface area (Å²) < 4.78 is 6.38. The number of hydrogen-bond acceptors (Lipinski definition) is 3. The highest BCUT2D eigenvalue weighted by Crippen LogP contribution is 2.32. The summed E-state index contributed by atoms with van der Waals surface area (Å²) in [6.07, 6.45) is 2.48. The molecule has 0 aliphatic carbocycles. The average Bonchev–Trinajstić information content (AvgIpc) is 2.88. The number of anilines is 1. The van der Waals surface area contributed by atoms with Crippen LogP contribution in [0.5, 0.6) is 5.75 Å². The Bertz CT molecular complexity index is 411. The fraction of sp³-hybridized carbons (Fsp3) is 0.600. The van der Waals surface area contributed by atoms with Crippen LogP contribution in [-0.2, 0) is 0 Å². The number of nitrogens with one attached hydrogen (secondary N) is 1. The summed E-state index contributed by atoms with van der Waals surface area (Å²) in [6.45, 7) is 6.76. The standard InChI is InChI=1S/C15H23BrN2O/c1-3-7-17-10-12-6-8-18(11-12)13-4-5-14(16)15(9-13)19-2/h4-5,9,12,17H,3,6-8,10-11H2,1-2H3. The topological polar surface area (TPSA) is 24.5 Å². The third-order valence-electron chi connectivity index (χ3n) is 3.65. The molecule has 1 N–H and O–H groups in total. The molecule has 0 bridgehead atoms. The first-order valence-corrected chi connectivity index (χ1v) is 7.83. The lowest BCUT2D eigenvalue weighted by atomic mass is 10.1. The molecule has 1 aromatic carbocycles. The summed E-state index contributed by atoms with van der Waals surface area (Å²) in [4.78, 5) is 2.45. The molecule has 0 amide bonds. The Kier molecular flexibility index (Phi) is 5.52. The molecule has 0 spiro atoms. The van der Waals surface area contributed by atoms with E-state index in [1.54, 1.807) is 7.11 Å². The van der Waals surface area contributed by atoms with Gasteiger partial charge in [-0.25, -0.2) is 0 Å². The molecular weight excluding hydrogens is 304 g/mol. The number of benzene rings is 1. The zero-order chi connectivity index (χ0) is 13.7. The van der Waals surface area contributed by atoms with Gasteiger partial charge in [-0.05, 0) is 59.9 Å². The second-order valence-corrected chi connectivity index (χ2v) is 5.98. The van der Waals surface area contributed by atoms with Crippen molar-refractivity contribution in [1.82, 2.24) is 5.32 Å². The number of nitrogens with zero attached hydrogens (tertiary/aromatic N) is 1. The Morgan fingerprint density at radius 3 is 3.05 bits per heavy atom. The smallest absolute Gasteiger partial charge is 0.135 e. The first kappa shape index (κ1) is 14.7. The molecular formula is C15H23BrN2O. The van der Waals surface area contributed by atoms with E-state index >= 15 is 0 Å². The SMILES string of the molecule is CCCNCC1CCN(c2ccc(Br)c(OC)c2)C1. The van der Waals surface area contributed by atoms with Gasteiger partial charge in [0.05, 0.1) is 11.6 Å². The predicted octanol–water partition coefficient (Wildman–Crippen LogP) is 3.28. The van der Waals surface area contributed by atoms with Crippen LogP contribution in [0.25, 0.3) is 0 Å². The van der Waals surface area contributed by atoms with Crippen LogP contribution in [-0.4, -0.2) is 33.3 Å². The highest BCUT2D eigenvalue weighted by atomic mass is 79.9. The molecule has 0 radical (unpaired) electrons. The van der Waals surface area contributed by atoms with Gasteiger partial charge in [0.1, 0.15) is 5.75 Å². The molecule has 1 heterocycles. The number of methoxy groups -OCH3 is 1. The molecule has 1 aromatic rings. The Morgan fingerprint density at radius 1 is 1.47 bits per heavy atom. The maximum atomic E-state index is 5.37. The molecule has 4 heteroatoms. The Hall–Kier alpha value is -0.740. The Balaban J connectivity index is 1.93. The summed E-state index contributed by atoms with van der Waals surface area (Å²) in [5, 5.41) is 3.52. The molecule has 1 saturated heterocycles. The molecule has 1 aliphatic rings. The summed E-state index contributed by atoms with van der Waals surface area (Å²) in [7, 11) is 1.71. The minimum Gasteiger partial charge on any atom is -0.495 e. The Morgan fingerprint density at radius 2 is 2.32 bits per heavy atom. The summed E-state index contributed by atoms with van der Waals surface area (Å²) in [5.41, 5.74) is 1.26. The van der Waals surface area contributed by atoms with E-state index in [0.717, 1.165) is 42.3 Å². The normalized spacial score (nSPS) is 18.9. The lowest BCUT2D eigenvalue weighted by Crippen LogP contribution is -2.26. The van der Waals surface area contributed by atoms with Gasteiger partial charge in [0.15, 0.2) is 0 Å². The summed E-state index contributed by atoms with van der Waals surface area (Å²) in [5.74, 6) is 1.67. The van der Waals surface area contributed by atoms with Crippen LogP contribution in [0, 0.1) is 5.92 Å². The zero-order valence-electron chi connectivity index (χ0n) is 11.8. The van der Waals surface area contributed by atoms with Crippen LogP contribution in [0.4, 0.5) is 5.69 Å². The summed E-state index contributed by atoms with van der Waals surface area (Å²) in [6, 6.07) is 6.34. The van der Waals surface area contributed by atoms with Gasteiger partial charge in [-0.1, -0.05) is 6.92 Å². The van der Waals surface area contributed by atoms with Gasteiger partial charge in [0, 0.05) is 24.8 Å². The summed E-state index contributed by atoms with van der Waals surface area (Å²) >= 11 is 3.50. The molecule has 3 nitrogen and oxygen atoms in total. The number of halogens is 1. The van der Waals surface area contributed by atoms with Gasteiger partial charge >= 0.3 is 0 Å². The van der Waals surface area contributed by atoms with E-state index in [4.69, 9.17) is 4.74 Å². The van der Waals surface area contributed by atoms with Crippen molar-refractivity contribution < 1.29 is 4.74 Å². The minimum absolute atomic E-state index is 0.765. The molecule has 106 valence electrons. The van der Waals surface area contributed by atoms with Crippen molar-refractivity contribution in [3.63, 3.8) is 0 Å². The fourth-order valence-electron chi connectivity index (χ4n) is 2.56. The molecule has 2 rings (SSSR count). The van der Waals surface area contributed by atoms with Crippen LogP contribution in [0.15, 0.2) is 22.7 Å². The van der Waals surface area contributed by atoms with Gasteiger partial charge in [-0.3, -0.25) is 0 Å². The lowest BCUT2D eigenvalue weighted by molar-refractivity contribution is 0.412. The van der Waals surface area contributed by atoms with Crippen LogP contribution in [0.1, 0.15) is 19.8 Å². The number of rotatable bonds is 6. The molecule has 1 atom stereocenters. The van der Waals surface area contributed by atoms with Crippen molar-refractivity contribution in [1.29, 1.82) is 0 Å². The van der Waals surface area contributed by atoms with Gasteiger partial charge in [-0.15, -0.1) is 0 Å². The van der Waals surface area contributed by atoms with E-state index in [1.807, 2.05) is 0 Å². The van der Waals surface area contributed by atoms with Crippen molar-refractivity contribution in [3.05, 3.63) is 22.7 Å². The van der Waals surface area contributed by atoms with E-state index in [1.165, 1.54) is 18.5 Å². The first-order chi connectivity index (χ1) is 9.24. The molecule has 0 aromatic heterocycles. The maximum absolute atomic E-state index is 5.37. The first-order valence-electron chi connectivity index (χ1n) is 7.03. The second-order valence-electron chi connectivity index (χ2n) is 5.12. The van der Waals surface area contributed by atoms with Crippen LogP contribution in [0.3, 0.4) is 0 Å².